The van der Waals surface area contributed by atoms with Crippen LogP contribution < -0.4 is 0 Å². The molecule has 0 aliphatic carbocycles. The van der Waals surface area contributed by atoms with E-state index in [9.17, 15) is 4.79 Å². The first-order valence-electron chi connectivity index (χ1n) is 4.77. The van der Waals surface area contributed by atoms with Gasteiger partial charge in [0, 0.05) is 16.4 Å². The van der Waals surface area contributed by atoms with Gasteiger partial charge in [-0.1, -0.05) is 22.0 Å². The molecule has 1 heterocycles. The molecular formula is C12H10BrNO2. The van der Waals surface area contributed by atoms with Crippen LogP contribution in [0.4, 0.5) is 0 Å². The molecule has 1 aromatic heterocycles. The third kappa shape index (κ3) is 1.76. The Morgan fingerprint density at radius 3 is 2.75 bits per heavy atom. The molecule has 0 saturated heterocycles. The highest BCUT2D eigenvalue weighted by molar-refractivity contribution is 9.10. The Labute approximate surface area is 101 Å². The van der Waals surface area contributed by atoms with Crippen LogP contribution in [0.25, 0.3) is 5.69 Å². The Kier molecular flexibility index (Phi) is 2.83. The van der Waals surface area contributed by atoms with Crippen molar-refractivity contribution in [1.82, 2.24) is 4.57 Å². The molecule has 0 unspecified atom stereocenters. The van der Waals surface area contributed by atoms with Gasteiger partial charge in [-0.15, -0.1) is 0 Å². The maximum Gasteiger partial charge on any atom is 0.352 e. The fourth-order valence-electron chi connectivity index (χ4n) is 1.62. The van der Waals surface area contributed by atoms with Crippen LogP contribution in [-0.4, -0.2) is 15.6 Å². The molecule has 0 fully saturated rings. The maximum absolute atomic E-state index is 11.0. The van der Waals surface area contributed by atoms with Gasteiger partial charge < -0.3 is 9.67 Å². The van der Waals surface area contributed by atoms with Crippen molar-refractivity contribution < 1.29 is 9.90 Å². The summed E-state index contributed by atoms with van der Waals surface area (Å²) >= 11 is 3.43. The molecule has 2 rings (SSSR count). The second-order valence-corrected chi connectivity index (χ2v) is 4.31. The lowest BCUT2D eigenvalue weighted by Gasteiger charge is -2.10. The minimum Gasteiger partial charge on any atom is -0.477 e. The van der Waals surface area contributed by atoms with Gasteiger partial charge in [-0.3, -0.25) is 0 Å². The monoisotopic (exact) mass is 279 g/mol. The molecule has 82 valence electrons. The first-order valence-corrected chi connectivity index (χ1v) is 5.56. The molecule has 0 atom stereocenters. The van der Waals surface area contributed by atoms with Gasteiger partial charge >= 0.3 is 5.97 Å². The Morgan fingerprint density at radius 1 is 1.31 bits per heavy atom. The van der Waals surface area contributed by atoms with Crippen LogP contribution in [0.2, 0.25) is 0 Å². The van der Waals surface area contributed by atoms with Crippen molar-refractivity contribution >= 4 is 21.9 Å². The van der Waals surface area contributed by atoms with Crippen LogP contribution in [0, 0.1) is 6.92 Å². The summed E-state index contributed by atoms with van der Waals surface area (Å²) < 4.78 is 2.64. The van der Waals surface area contributed by atoms with Gasteiger partial charge in [-0.25, -0.2) is 4.79 Å². The number of aromatic nitrogens is 1. The molecule has 0 bridgehead atoms. The first-order chi connectivity index (χ1) is 7.61. The lowest BCUT2D eigenvalue weighted by atomic mass is 10.2. The number of nitrogens with zero attached hydrogens (tertiary/aromatic N) is 1. The number of carboxylic acids is 1. The topological polar surface area (TPSA) is 42.2 Å². The van der Waals surface area contributed by atoms with Crippen LogP contribution in [0.3, 0.4) is 0 Å². The zero-order chi connectivity index (χ0) is 11.7. The fourth-order valence-corrected chi connectivity index (χ4v) is 1.98. The Balaban J connectivity index is 2.63. The summed E-state index contributed by atoms with van der Waals surface area (Å²) in [7, 11) is 0. The van der Waals surface area contributed by atoms with Crippen LogP contribution in [0.5, 0.6) is 0 Å². The largest absolute Gasteiger partial charge is 0.477 e. The van der Waals surface area contributed by atoms with Crippen molar-refractivity contribution in [3.05, 3.63) is 52.3 Å². The lowest BCUT2D eigenvalue weighted by Crippen LogP contribution is -2.06. The number of hydrogen-bond donors (Lipinski definition) is 1. The van der Waals surface area contributed by atoms with E-state index in [1.54, 1.807) is 22.9 Å². The van der Waals surface area contributed by atoms with Crippen molar-refractivity contribution in [2.24, 2.45) is 0 Å². The Hall–Kier alpha value is -1.55. The third-order valence-electron chi connectivity index (χ3n) is 2.47. The molecule has 0 spiro atoms. The molecule has 3 nitrogen and oxygen atoms in total. The van der Waals surface area contributed by atoms with Gasteiger partial charge in [0.05, 0.1) is 0 Å². The molecule has 0 saturated carbocycles. The molecule has 1 N–H and O–H groups in total. The second-order valence-electron chi connectivity index (χ2n) is 3.45. The average molecular weight is 280 g/mol. The van der Waals surface area contributed by atoms with Crippen LogP contribution in [0.15, 0.2) is 41.0 Å². The molecule has 0 amide bonds. The number of benzene rings is 1. The summed E-state index contributed by atoms with van der Waals surface area (Å²) in [5.41, 5.74) is 2.15. The van der Waals surface area contributed by atoms with E-state index < -0.39 is 5.97 Å². The summed E-state index contributed by atoms with van der Waals surface area (Å²) in [6.07, 6.45) is 1.75. The van der Waals surface area contributed by atoms with Crippen molar-refractivity contribution in [1.29, 1.82) is 0 Å². The highest BCUT2D eigenvalue weighted by atomic mass is 79.9. The minimum absolute atomic E-state index is 0.265. The van der Waals surface area contributed by atoms with Crippen LogP contribution in [0.1, 0.15) is 16.1 Å². The highest BCUT2D eigenvalue weighted by Gasteiger charge is 2.12. The molecule has 2 aromatic rings. The number of hydrogen-bond acceptors (Lipinski definition) is 1. The predicted octanol–water partition coefficient (Wildman–Crippen LogP) is 3.25. The first kappa shape index (κ1) is 11.0. The normalized spacial score (nSPS) is 10.4. The van der Waals surface area contributed by atoms with Crippen LogP contribution >= 0.6 is 15.9 Å². The predicted molar refractivity (Wildman–Crippen MR) is 65.2 cm³/mol. The molecule has 16 heavy (non-hydrogen) atoms. The summed E-state index contributed by atoms with van der Waals surface area (Å²) in [5.74, 6) is -0.927. The molecular weight excluding hydrogens is 270 g/mol. The SMILES string of the molecule is Cc1c(Br)cccc1-n1cccc1C(=O)O. The Bertz CT molecular complexity index is 546. The third-order valence-corrected chi connectivity index (χ3v) is 3.33. The fraction of sp³-hybridized carbons (Fsp3) is 0.0833. The zero-order valence-electron chi connectivity index (χ0n) is 8.64. The van der Waals surface area contributed by atoms with E-state index >= 15 is 0 Å². The molecule has 0 aliphatic heterocycles. The van der Waals surface area contributed by atoms with Gasteiger partial charge in [0.15, 0.2) is 0 Å². The van der Waals surface area contributed by atoms with Gasteiger partial charge in [0.2, 0.25) is 0 Å². The van der Waals surface area contributed by atoms with Gasteiger partial charge in [-0.2, -0.15) is 0 Å². The Morgan fingerprint density at radius 2 is 2.06 bits per heavy atom. The number of halogens is 1. The number of aromatic carboxylic acids is 1. The van der Waals surface area contributed by atoms with Crippen molar-refractivity contribution in [3.8, 4) is 5.69 Å². The van der Waals surface area contributed by atoms with Crippen molar-refractivity contribution in [2.45, 2.75) is 6.92 Å². The number of carboxylic acid groups (broad SMARTS) is 1. The van der Waals surface area contributed by atoms with Gasteiger partial charge in [0.25, 0.3) is 0 Å². The van der Waals surface area contributed by atoms with Crippen molar-refractivity contribution in [2.75, 3.05) is 0 Å². The lowest BCUT2D eigenvalue weighted by molar-refractivity contribution is 0.0688. The molecule has 1 aromatic carbocycles. The van der Waals surface area contributed by atoms with Crippen molar-refractivity contribution in [3.63, 3.8) is 0 Å². The quantitative estimate of drug-likeness (QED) is 0.917. The highest BCUT2D eigenvalue weighted by Crippen LogP contribution is 2.24. The van der Waals surface area contributed by atoms with E-state index in [1.807, 2.05) is 25.1 Å². The van der Waals surface area contributed by atoms with E-state index in [4.69, 9.17) is 5.11 Å². The standard InChI is InChI=1S/C12H10BrNO2/c1-8-9(13)4-2-5-10(8)14-7-3-6-11(14)12(15)16/h2-7H,1H3,(H,15,16). The molecule has 0 aliphatic rings. The van der Waals surface area contributed by atoms with E-state index in [0.717, 1.165) is 15.7 Å². The van der Waals surface area contributed by atoms with E-state index in [2.05, 4.69) is 15.9 Å². The van der Waals surface area contributed by atoms with E-state index in [1.165, 1.54) is 0 Å². The number of rotatable bonds is 2. The summed E-state index contributed by atoms with van der Waals surface area (Å²) in [6, 6.07) is 9.03. The van der Waals surface area contributed by atoms with E-state index in [0.29, 0.717) is 0 Å². The van der Waals surface area contributed by atoms with E-state index in [-0.39, 0.29) is 5.69 Å². The molecule has 4 heteroatoms. The summed E-state index contributed by atoms with van der Waals surface area (Å²) in [4.78, 5) is 11.0. The van der Waals surface area contributed by atoms with Gasteiger partial charge in [0.1, 0.15) is 5.69 Å². The maximum atomic E-state index is 11.0. The molecule has 0 radical (unpaired) electrons. The zero-order valence-corrected chi connectivity index (χ0v) is 10.2. The second kappa shape index (κ2) is 4.14. The van der Waals surface area contributed by atoms with Crippen LogP contribution in [-0.2, 0) is 0 Å². The summed E-state index contributed by atoms with van der Waals surface area (Å²) in [5, 5.41) is 9.04. The number of carbonyl (C=O) groups is 1. The smallest absolute Gasteiger partial charge is 0.352 e. The van der Waals surface area contributed by atoms with Gasteiger partial charge in [-0.05, 0) is 36.8 Å². The summed E-state index contributed by atoms with van der Waals surface area (Å²) in [6.45, 7) is 1.95. The minimum atomic E-state index is -0.927. The average Bonchev–Trinajstić information content (AvgIpc) is 2.70.